The zero-order chi connectivity index (χ0) is 11.7. The van der Waals surface area contributed by atoms with Gasteiger partial charge in [0.05, 0.1) is 11.9 Å². The minimum atomic E-state index is 0.413. The van der Waals surface area contributed by atoms with Gasteiger partial charge in [0.2, 0.25) is 0 Å². The van der Waals surface area contributed by atoms with Crippen LogP contribution < -0.4 is 5.73 Å². The Hall–Kier alpha value is -1.77. The molecule has 0 unspecified atom stereocenters. The van der Waals surface area contributed by atoms with Crippen molar-refractivity contribution in [2.75, 3.05) is 5.73 Å². The first-order valence-corrected chi connectivity index (χ1v) is 5.49. The van der Waals surface area contributed by atoms with Crippen molar-refractivity contribution in [2.24, 2.45) is 0 Å². The monoisotopic (exact) mass is 215 g/mol. The van der Waals surface area contributed by atoms with Gasteiger partial charge in [0, 0.05) is 17.2 Å². The summed E-state index contributed by atoms with van der Waals surface area (Å²) in [4.78, 5) is 7.66. The van der Waals surface area contributed by atoms with Gasteiger partial charge in [0.15, 0.2) is 0 Å². The molecule has 1 aromatic heterocycles. The molecule has 0 saturated heterocycles. The number of benzene rings is 1. The summed E-state index contributed by atoms with van der Waals surface area (Å²) >= 11 is 0. The van der Waals surface area contributed by atoms with Gasteiger partial charge in [-0.15, -0.1) is 0 Å². The van der Waals surface area contributed by atoms with E-state index in [1.54, 1.807) is 0 Å². The van der Waals surface area contributed by atoms with Crippen molar-refractivity contribution in [1.29, 1.82) is 0 Å². The van der Waals surface area contributed by atoms with Gasteiger partial charge in [-0.05, 0) is 18.6 Å². The van der Waals surface area contributed by atoms with Gasteiger partial charge in [-0.3, -0.25) is 0 Å². The fourth-order valence-corrected chi connectivity index (χ4v) is 1.58. The zero-order valence-corrected chi connectivity index (χ0v) is 9.91. The van der Waals surface area contributed by atoms with Crippen LogP contribution in [0.4, 0.5) is 5.69 Å². The topological polar surface area (TPSA) is 54.7 Å². The van der Waals surface area contributed by atoms with E-state index < -0.39 is 0 Å². The number of nitrogens with one attached hydrogen (secondary N) is 1. The standard InChI is InChI=1S/C13H17N3/c1-8(2)13-15-7-12(16-13)10-5-4-9(3)11(14)6-10/h4-8H,14H2,1-3H3,(H,15,16). The lowest BCUT2D eigenvalue weighted by atomic mass is 10.1. The maximum atomic E-state index is 5.89. The average Bonchev–Trinajstić information content (AvgIpc) is 2.71. The van der Waals surface area contributed by atoms with Gasteiger partial charge >= 0.3 is 0 Å². The van der Waals surface area contributed by atoms with Crippen molar-refractivity contribution in [2.45, 2.75) is 26.7 Å². The summed E-state index contributed by atoms with van der Waals surface area (Å²) < 4.78 is 0. The molecule has 2 aromatic rings. The van der Waals surface area contributed by atoms with E-state index in [1.807, 2.05) is 25.3 Å². The SMILES string of the molecule is Cc1ccc(-c2cnc(C(C)C)[nH]2)cc1N. The fourth-order valence-electron chi connectivity index (χ4n) is 1.58. The number of anilines is 1. The molecule has 1 heterocycles. The molecule has 0 fully saturated rings. The smallest absolute Gasteiger partial charge is 0.109 e. The van der Waals surface area contributed by atoms with Crippen molar-refractivity contribution in [3.8, 4) is 11.3 Å². The summed E-state index contributed by atoms with van der Waals surface area (Å²) in [6.07, 6.45) is 1.86. The normalized spacial score (nSPS) is 11.0. The molecule has 3 heteroatoms. The second kappa shape index (κ2) is 4.00. The highest BCUT2D eigenvalue weighted by Gasteiger charge is 2.06. The van der Waals surface area contributed by atoms with Crippen molar-refractivity contribution in [1.82, 2.24) is 9.97 Å². The molecule has 0 atom stereocenters. The number of rotatable bonds is 2. The van der Waals surface area contributed by atoms with Crippen LogP contribution >= 0.6 is 0 Å². The highest BCUT2D eigenvalue weighted by atomic mass is 14.9. The van der Waals surface area contributed by atoms with Crippen LogP contribution in [0.5, 0.6) is 0 Å². The third kappa shape index (κ3) is 1.94. The Morgan fingerprint density at radius 3 is 2.62 bits per heavy atom. The second-order valence-electron chi connectivity index (χ2n) is 4.41. The molecule has 0 aliphatic rings. The molecule has 0 aliphatic heterocycles. The van der Waals surface area contributed by atoms with Crippen molar-refractivity contribution < 1.29 is 0 Å². The van der Waals surface area contributed by atoms with Crippen LogP contribution in [-0.2, 0) is 0 Å². The van der Waals surface area contributed by atoms with Gasteiger partial charge in [0.25, 0.3) is 0 Å². The zero-order valence-electron chi connectivity index (χ0n) is 9.91. The maximum absolute atomic E-state index is 5.89. The molecule has 3 N–H and O–H groups in total. The first-order valence-electron chi connectivity index (χ1n) is 5.49. The van der Waals surface area contributed by atoms with Crippen LogP contribution in [0, 0.1) is 6.92 Å². The number of nitrogen functional groups attached to an aromatic ring is 1. The van der Waals surface area contributed by atoms with Crippen molar-refractivity contribution in [3.63, 3.8) is 0 Å². The van der Waals surface area contributed by atoms with Crippen LogP contribution in [-0.4, -0.2) is 9.97 Å². The van der Waals surface area contributed by atoms with Crippen molar-refractivity contribution in [3.05, 3.63) is 35.8 Å². The first kappa shape index (κ1) is 10.7. The summed E-state index contributed by atoms with van der Waals surface area (Å²) in [5.74, 6) is 1.42. The summed E-state index contributed by atoms with van der Waals surface area (Å²) in [5, 5.41) is 0. The van der Waals surface area contributed by atoms with Gasteiger partial charge < -0.3 is 10.7 Å². The molecule has 2 rings (SSSR count). The Morgan fingerprint density at radius 2 is 2.06 bits per heavy atom. The van der Waals surface area contributed by atoms with Gasteiger partial charge in [-0.2, -0.15) is 0 Å². The van der Waals surface area contributed by atoms with Crippen LogP contribution in [0.2, 0.25) is 0 Å². The summed E-state index contributed by atoms with van der Waals surface area (Å²) in [6.45, 7) is 6.24. The van der Waals surface area contributed by atoms with E-state index in [1.165, 1.54) is 0 Å². The molecule has 16 heavy (non-hydrogen) atoms. The predicted octanol–water partition coefficient (Wildman–Crippen LogP) is 3.09. The number of aromatic amines is 1. The van der Waals surface area contributed by atoms with E-state index in [-0.39, 0.29) is 0 Å². The maximum Gasteiger partial charge on any atom is 0.109 e. The minimum Gasteiger partial charge on any atom is -0.398 e. The molecule has 3 nitrogen and oxygen atoms in total. The quantitative estimate of drug-likeness (QED) is 0.756. The van der Waals surface area contributed by atoms with E-state index in [4.69, 9.17) is 5.73 Å². The summed E-state index contributed by atoms with van der Waals surface area (Å²) in [5.41, 5.74) is 9.92. The molecule has 0 saturated carbocycles. The molecule has 1 aromatic carbocycles. The van der Waals surface area contributed by atoms with Crippen LogP contribution in [0.25, 0.3) is 11.3 Å². The highest BCUT2D eigenvalue weighted by Crippen LogP contribution is 2.23. The number of nitrogens with two attached hydrogens (primary N) is 1. The molecule has 0 bridgehead atoms. The Kier molecular flexibility index (Phi) is 2.69. The van der Waals surface area contributed by atoms with Crippen LogP contribution in [0.15, 0.2) is 24.4 Å². The fraction of sp³-hybridized carbons (Fsp3) is 0.308. The number of aryl methyl sites for hydroxylation is 1. The van der Waals surface area contributed by atoms with Gasteiger partial charge in [-0.1, -0.05) is 26.0 Å². The van der Waals surface area contributed by atoms with Crippen LogP contribution in [0.3, 0.4) is 0 Å². The average molecular weight is 215 g/mol. The van der Waals surface area contributed by atoms with Crippen LogP contribution in [0.1, 0.15) is 31.2 Å². The number of H-pyrrole nitrogens is 1. The van der Waals surface area contributed by atoms with E-state index in [0.29, 0.717) is 5.92 Å². The third-order valence-corrected chi connectivity index (χ3v) is 2.73. The molecule has 0 spiro atoms. The number of nitrogens with zero attached hydrogens (tertiary/aromatic N) is 1. The number of imidazole rings is 1. The molecular weight excluding hydrogens is 198 g/mol. The number of hydrogen-bond acceptors (Lipinski definition) is 2. The Balaban J connectivity index is 2.39. The highest BCUT2D eigenvalue weighted by molar-refractivity contribution is 5.65. The van der Waals surface area contributed by atoms with Gasteiger partial charge in [0.1, 0.15) is 5.82 Å². The molecule has 0 aliphatic carbocycles. The molecular formula is C13H17N3. The van der Waals surface area contributed by atoms with E-state index in [2.05, 4.69) is 29.9 Å². The molecule has 0 radical (unpaired) electrons. The minimum absolute atomic E-state index is 0.413. The second-order valence-corrected chi connectivity index (χ2v) is 4.41. The Morgan fingerprint density at radius 1 is 1.31 bits per heavy atom. The number of hydrogen-bond donors (Lipinski definition) is 2. The molecule has 84 valence electrons. The largest absolute Gasteiger partial charge is 0.398 e. The van der Waals surface area contributed by atoms with E-state index in [0.717, 1.165) is 28.3 Å². The summed E-state index contributed by atoms with van der Waals surface area (Å²) in [6, 6.07) is 6.07. The predicted molar refractivity (Wildman–Crippen MR) is 67.3 cm³/mol. The summed E-state index contributed by atoms with van der Waals surface area (Å²) in [7, 11) is 0. The van der Waals surface area contributed by atoms with E-state index >= 15 is 0 Å². The lowest BCUT2D eigenvalue weighted by molar-refractivity contribution is 0.795. The Bertz CT molecular complexity index is 498. The third-order valence-electron chi connectivity index (χ3n) is 2.73. The lowest BCUT2D eigenvalue weighted by Crippen LogP contribution is -1.91. The number of aromatic nitrogens is 2. The molecule has 0 amide bonds. The lowest BCUT2D eigenvalue weighted by Gasteiger charge is -2.03. The van der Waals surface area contributed by atoms with E-state index in [9.17, 15) is 0 Å². The van der Waals surface area contributed by atoms with Gasteiger partial charge in [-0.25, -0.2) is 4.98 Å². The van der Waals surface area contributed by atoms with Crippen molar-refractivity contribution >= 4 is 5.69 Å². The first-order chi connectivity index (χ1) is 7.58. The Labute approximate surface area is 95.7 Å².